The van der Waals surface area contributed by atoms with Gasteiger partial charge in [-0.3, -0.25) is 9.13 Å². The Bertz CT molecular complexity index is 1370. The minimum atomic E-state index is -0.0819. The summed E-state index contributed by atoms with van der Waals surface area (Å²) < 4.78 is 15.1. The van der Waals surface area contributed by atoms with Gasteiger partial charge >= 0.3 is 5.69 Å². The smallest absolute Gasteiger partial charge is 0.331 e. The van der Waals surface area contributed by atoms with Crippen LogP contribution in [0.2, 0.25) is 5.02 Å². The maximum absolute atomic E-state index is 13.2. The maximum atomic E-state index is 13.2. The summed E-state index contributed by atoms with van der Waals surface area (Å²) in [6, 6.07) is 9.52. The van der Waals surface area contributed by atoms with Crippen LogP contribution in [0.4, 0.5) is 0 Å². The van der Waals surface area contributed by atoms with Crippen LogP contribution in [0, 0.1) is 5.92 Å². The predicted octanol–water partition coefficient (Wildman–Crippen LogP) is 3.59. The molecule has 0 radical (unpaired) electrons. The molecule has 1 aliphatic heterocycles. The third kappa shape index (κ3) is 3.53. The number of rotatable bonds is 6. The van der Waals surface area contributed by atoms with Crippen molar-refractivity contribution in [3.63, 3.8) is 0 Å². The van der Waals surface area contributed by atoms with Crippen molar-refractivity contribution in [2.75, 3.05) is 19.8 Å². The summed E-state index contributed by atoms with van der Waals surface area (Å²) in [5.74, 6) is 1.33. The number of hydrogen-bond acceptors (Lipinski definition) is 6. The minimum absolute atomic E-state index is 0.0819. The molecule has 0 spiro atoms. The minimum Gasteiger partial charge on any atom is -0.477 e. The van der Waals surface area contributed by atoms with Gasteiger partial charge in [0.25, 0.3) is 0 Å². The second kappa shape index (κ2) is 7.86. The Morgan fingerprint density at radius 3 is 2.91 bits per heavy atom. The lowest BCUT2D eigenvalue weighted by molar-refractivity contribution is 0.166. The Morgan fingerprint density at radius 2 is 2.09 bits per heavy atom. The van der Waals surface area contributed by atoms with E-state index in [0.717, 1.165) is 36.8 Å². The van der Waals surface area contributed by atoms with E-state index in [-0.39, 0.29) is 18.3 Å². The molecule has 1 saturated carbocycles. The number of nitrogens with zero attached hydrogens (tertiary/aromatic N) is 5. The van der Waals surface area contributed by atoms with Crippen molar-refractivity contribution in [3.05, 3.63) is 57.9 Å². The number of hydrogen-bond donors (Lipinski definition) is 0. The van der Waals surface area contributed by atoms with E-state index < -0.39 is 0 Å². The topological polar surface area (TPSA) is 84.1 Å². The first kappa shape index (κ1) is 19.7. The number of ether oxygens (including phenoxy) is 2. The lowest BCUT2D eigenvalue weighted by Crippen LogP contribution is -2.25. The fraction of sp³-hybridized carbons (Fsp3) is 0.391. The van der Waals surface area contributed by atoms with Crippen molar-refractivity contribution in [1.82, 2.24) is 24.1 Å². The highest BCUT2D eigenvalue weighted by Crippen LogP contribution is 2.36. The molecule has 4 aromatic rings. The normalized spacial score (nSPS) is 18.6. The molecule has 0 N–H and O–H groups in total. The Balaban J connectivity index is 1.41. The zero-order valence-corrected chi connectivity index (χ0v) is 18.2. The van der Waals surface area contributed by atoms with E-state index in [1.807, 2.05) is 22.8 Å². The molecule has 3 aromatic heterocycles. The Hall–Kier alpha value is -2.97. The fourth-order valence-electron chi connectivity index (χ4n) is 4.29. The largest absolute Gasteiger partial charge is 0.477 e. The zero-order chi connectivity index (χ0) is 21.7. The van der Waals surface area contributed by atoms with Gasteiger partial charge in [-0.05, 0) is 49.6 Å². The van der Waals surface area contributed by atoms with Crippen LogP contribution in [0.5, 0.6) is 5.88 Å². The van der Waals surface area contributed by atoms with Crippen molar-refractivity contribution in [1.29, 1.82) is 0 Å². The molecule has 6 rings (SSSR count). The van der Waals surface area contributed by atoms with Gasteiger partial charge in [-0.25, -0.2) is 14.8 Å². The highest BCUT2D eigenvalue weighted by atomic mass is 35.5. The van der Waals surface area contributed by atoms with Crippen molar-refractivity contribution in [3.8, 4) is 5.88 Å². The van der Waals surface area contributed by atoms with Crippen LogP contribution in [0.15, 0.2) is 41.3 Å². The predicted molar refractivity (Wildman–Crippen MR) is 120 cm³/mol. The van der Waals surface area contributed by atoms with E-state index in [1.165, 1.54) is 0 Å². The van der Waals surface area contributed by atoms with E-state index >= 15 is 0 Å². The van der Waals surface area contributed by atoms with Crippen molar-refractivity contribution >= 4 is 33.7 Å². The van der Waals surface area contributed by atoms with Gasteiger partial charge in [-0.2, -0.15) is 4.98 Å². The van der Waals surface area contributed by atoms with Gasteiger partial charge in [0.2, 0.25) is 5.88 Å². The van der Waals surface area contributed by atoms with Crippen molar-refractivity contribution in [2.24, 2.45) is 5.92 Å². The highest BCUT2D eigenvalue weighted by Gasteiger charge is 2.29. The molecule has 0 bridgehead atoms. The highest BCUT2D eigenvalue weighted by molar-refractivity contribution is 6.31. The lowest BCUT2D eigenvalue weighted by atomic mass is 10.1. The molecule has 9 heteroatoms. The van der Waals surface area contributed by atoms with Crippen LogP contribution in [0.3, 0.4) is 0 Å². The van der Waals surface area contributed by atoms with Crippen LogP contribution in [0.1, 0.15) is 31.1 Å². The summed E-state index contributed by atoms with van der Waals surface area (Å²) in [6.45, 7) is 2.19. The van der Waals surface area contributed by atoms with E-state index in [1.54, 1.807) is 22.9 Å². The molecular formula is C23H22ClN5O3. The molecule has 1 saturated heterocycles. The first-order valence-electron chi connectivity index (χ1n) is 10.9. The Kier molecular flexibility index (Phi) is 4.84. The second-order valence-corrected chi connectivity index (χ2v) is 8.90. The molecule has 8 nitrogen and oxygen atoms in total. The average Bonchev–Trinajstić information content (AvgIpc) is 3.41. The molecular weight excluding hydrogens is 430 g/mol. The fourth-order valence-corrected chi connectivity index (χ4v) is 4.46. The lowest BCUT2D eigenvalue weighted by Gasteiger charge is -2.13. The van der Waals surface area contributed by atoms with Crippen LogP contribution in [0.25, 0.3) is 22.1 Å². The molecule has 2 fully saturated rings. The molecule has 1 unspecified atom stereocenters. The summed E-state index contributed by atoms with van der Waals surface area (Å²) >= 11 is 6.23. The van der Waals surface area contributed by atoms with Gasteiger partial charge in [0.15, 0.2) is 11.5 Å². The van der Waals surface area contributed by atoms with Crippen molar-refractivity contribution in [2.45, 2.75) is 31.8 Å². The van der Waals surface area contributed by atoms with Gasteiger partial charge in [0, 0.05) is 29.8 Å². The SMILES string of the molecule is O=c1n(Cc2nc(OCC3CCOC3)c3ccc(Cl)cc3n2)c2ncccc2n1C1CC1. The Labute approximate surface area is 188 Å². The van der Waals surface area contributed by atoms with Gasteiger partial charge in [-0.1, -0.05) is 11.6 Å². The summed E-state index contributed by atoms with van der Waals surface area (Å²) in [4.78, 5) is 27.1. The van der Waals surface area contributed by atoms with E-state index in [9.17, 15) is 4.79 Å². The number of fused-ring (bicyclic) bond motifs is 2. The van der Waals surface area contributed by atoms with Gasteiger partial charge in [0.1, 0.15) is 0 Å². The molecule has 32 heavy (non-hydrogen) atoms. The van der Waals surface area contributed by atoms with E-state index in [4.69, 9.17) is 31.0 Å². The summed E-state index contributed by atoms with van der Waals surface area (Å²) in [6.07, 6.45) is 4.71. The van der Waals surface area contributed by atoms with Gasteiger partial charge in [-0.15, -0.1) is 0 Å². The number of pyridine rings is 1. The summed E-state index contributed by atoms with van der Waals surface area (Å²) in [5, 5.41) is 1.38. The number of benzene rings is 1. The van der Waals surface area contributed by atoms with Gasteiger partial charge < -0.3 is 9.47 Å². The molecule has 1 aliphatic carbocycles. The monoisotopic (exact) mass is 451 g/mol. The van der Waals surface area contributed by atoms with Crippen LogP contribution >= 0.6 is 11.6 Å². The number of aromatic nitrogens is 5. The number of halogens is 1. The molecule has 164 valence electrons. The first-order chi connectivity index (χ1) is 15.7. The van der Waals surface area contributed by atoms with Crippen LogP contribution in [-0.4, -0.2) is 43.9 Å². The van der Waals surface area contributed by atoms with Crippen molar-refractivity contribution < 1.29 is 9.47 Å². The van der Waals surface area contributed by atoms with E-state index in [2.05, 4.69) is 4.98 Å². The summed E-state index contributed by atoms with van der Waals surface area (Å²) in [5.41, 5.74) is 2.10. The third-order valence-electron chi connectivity index (χ3n) is 6.08. The van der Waals surface area contributed by atoms with Crippen LogP contribution < -0.4 is 10.4 Å². The molecule has 1 atom stereocenters. The van der Waals surface area contributed by atoms with E-state index in [0.29, 0.717) is 47.0 Å². The second-order valence-electron chi connectivity index (χ2n) is 8.46. The third-order valence-corrected chi connectivity index (χ3v) is 6.31. The summed E-state index contributed by atoms with van der Waals surface area (Å²) in [7, 11) is 0. The molecule has 4 heterocycles. The average molecular weight is 452 g/mol. The van der Waals surface area contributed by atoms with Gasteiger partial charge in [0.05, 0.1) is 36.2 Å². The Morgan fingerprint density at radius 1 is 1.19 bits per heavy atom. The molecule has 0 amide bonds. The van der Waals surface area contributed by atoms with Crippen LogP contribution in [-0.2, 0) is 11.3 Å². The molecule has 2 aliphatic rings. The maximum Gasteiger partial charge on any atom is 0.331 e. The quantitative estimate of drug-likeness (QED) is 0.445. The number of imidazole rings is 1. The molecule has 1 aromatic carbocycles. The zero-order valence-electron chi connectivity index (χ0n) is 17.4. The standard InChI is InChI=1S/C23H22ClN5O3/c24-15-3-6-17-18(10-15)26-20(27-22(17)32-13-14-7-9-31-12-14)11-28-21-19(2-1-8-25-21)29(23(28)30)16-4-5-16/h1-3,6,8,10,14,16H,4-5,7,9,11-13H2. The first-order valence-corrected chi connectivity index (χ1v) is 11.3.